The summed E-state index contributed by atoms with van der Waals surface area (Å²) in [5.74, 6) is 5.15. The maximum Gasteiger partial charge on any atom is 0.407 e. The summed E-state index contributed by atoms with van der Waals surface area (Å²) in [6, 6.07) is 0. The van der Waals surface area contributed by atoms with Crippen molar-refractivity contribution in [2.75, 3.05) is 6.54 Å². The van der Waals surface area contributed by atoms with E-state index >= 15 is 0 Å². The summed E-state index contributed by atoms with van der Waals surface area (Å²) in [5.41, 5.74) is 3.53. The first-order valence-corrected chi connectivity index (χ1v) is 16.2. The fourth-order valence-corrected chi connectivity index (χ4v) is 9.86. The van der Waals surface area contributed by atoms with Crippen molar-refractivity contribution < 1.29 is 9.53 Å². The molecule has 218 valence electrons. The van der Waals surface area contributed by atoms with Crippen molar-refractivity contribution in [3.63, 3.8) is 0 Å². The van der Waals surface area contributed by atoms with Crippen molar-refractivity contribution in [1.82, 2.24) is 14.9 Å². The van der Waals surface area contributed by atoms with Crippen LogP contribution in [0.2, 0.25) is 0 Å². The molecule has 5 rings (SSSR count). The van der Waals surface area contributed by atoms with Crippen LogP contribution in [0.5, 0.6) is 0 Å². The standard InChI is InChI=1S/C34H55N3O2/c1-23(2)8-7-9-24(3)29-12-13-30-28-11-10-25-20-27(14-17-33(25,4)31(28)15-18-34(29,30)5)39-32(38)36-19-16-26-21-35-22-37(26)6/h10,21-24,27-31H,7-9,11-20H2,1-6H3,(H,36,38)/t24-,27+,28+,29-,30+,31+,33+,34-/m1/s1. The molecule has 0 bridgehead atoms. The Hall–Kier alpha value is -1.78. The van der Waals surface area contributed by atoms with E-state index in [0.717, 1.165) is 66.9 Å². The smallest absolute Gasteiger partial charge is 0.407 e. The highest BCUT2D eigenvalue weighted by molar-refractivity contribution is 5.67. The first kappa shape index (κ1) is 28.7. The summed E-state index contributed by atoms with van der Waals surface area (Å²) < 4.78 is 7.92. The number of imidazole rings is 1. The molecule has 1 heterocycles. The molecule has 0 saturated heterocycles. The van der Waals surface area contributed by atoms with Crippen molar-refractivity contribution >= 4 is 6.09 Å². The van der Waals surface area contributed by atoms with E-state index in [9.17, 15) is 4.79 Å². The molecule has 0 unspecified atom stereocenters. The highest BCUT2D eigenvalue weighted by atomic mass is 16.6. The number of amides is 1. The van der Waals surface area contributed by atoms with E-state index in [-0.39, 0.29) is 12.2 Å². The van der Waals surface area contributed by atoms with Gasteiger partial charge in [0.25, 0.3) is 0 Å². The number of aromatic nitrogens is 2. The number of alkyl carbamates (subject to hydrolysis) is 1. The summed E-state index contributed by atoms with van der Waals surface area (Å²) in [6.07, 6.45) is 21.0. The molecule has 1 aromatic rings. The van der Waals surface area contributed by atoms with Crippen LogP contribution in [0.3, 0.4) is 0 Å². The minimum Gasteiger partial charge on any atom is -0.446 e. The van der Waals surface area contributed by atoms with E-state index < -0.39 is 0 Å². The molecule has 0 spiro atoms. The molecular weight excluding hydrogens is 482 g/mol. The van der Waals surface area contributed by atoms with Gasteiger partial charge >= 0.3 is 6.09 Å². The first-order chi connectivity index (χ1) is 18.6. The zero-order valence-electron chi connectivity index (χ0n) is 25.7. The fraction of sp³-hybridized carbons (Fsp3) is 0.824. The van der Waals surface area contributed by atoms with E-state index in [2.05, 4.69) is 51.0 Å². The van der Waals surface area contributed by atoms with Gasteiger partial charge in [0.15, 0.2) is 0 Å². The highest BCUT2D eigenvalue weighted by Gasteiger charge is 2.59. The molecule has 0 aliphatic heterocycles. The van der Waals surface area contributed by atoms with E-state index in [1.807, 2.05) is 17.8 Å². The van der Waals surface area contributed by atoms with Gasteiger partial charge in [0.1, 0.15) is 6.10 Å². The monoisotopic (exact) mass is 537 g/mol. The Labute approximate surface area is 237 Å². The number of carbonyl (C=O) groups excluding carboxylic acids is 1. The van der Waals surface area contributed by atoms with Gasteiger partial charge in [0.05, 0.1) is 6.33 Å². The Morgan fingerprint density at radius 1 is 1.13 bits per heavy atom. The summed E-state index contributed by atoms with van der Waals surface area (Å²) in [7, 11) is 1.98. The van der Waals surface area contributed by atoms with Crippen LogP contribution in [-0.2, 0) is 18.2 Å². The van der Waals surface area contributed by atoms with Crippen LogP contribution >= 0.6 is 0 Å². The molecule has 0 aromatic carbocycles. The van der Waals surface area contributed by atoms with Gasteiger partial charge in [0.2, 0.25) is 0 Å². The number of nitrogens with one attached hydrogen (secondary N) is 1. The van der Waals surface area contributed by atoms with Gasteiger partial charge in [-0.25, -0.2) is 9.78 Å². The van der Waals surface area contributed by atoms with Crippen molar-refractivity contribution in [1.29, 1.82) is 0 Å². The molecule has 1 aromatic heterocycles. The summed E-state index contributed by atoms with van der Waals surface area (Å²) in [4.78, 5) is 16.7. The number of aryl methyl sites for hydroxylation is 1. The van der Waals surface area contributed by atoms with Gasteiger partial charge in [0, 0.05) is 38.3 Å². The van der Waals surface area contributed by atoms with Gasteiger partial charge in [-0.05, 0) is 91.3 Å². The van der Waals surface area contributed by atoms with E-state index in [1.54, 1.807) is 11.9 Å². The van der Waals surface area contributed by atoms with Crippen LogP contribution in [0.15, 0.2) is 24.2 Å². The quantitative estimate of drug-likeness (QED) is 0.324. The van der Waals surface area contributed by atoms with Crippen LogP contribution in [0.25, 0.3) is 0 Å². The number of hydrogen-bond donors (Lipinski definition) is 1. The Morgan fingerprint density at radius 2 is 1.95 bits per heavy atom. The summed E-state index contributed by atoms with van der Waals surface area (Å²) >= 11 is 0. The van der Waals surface area contributed by atoms with Crippen molar-refractivity contribution in [3.8, 4) is 0 Å². The molecule has 5 heteroatoms. The lowest BCUT2D eigenvalue weighted by Gasteiger charge is -2.58. The Kier molecular flexibility index (Phi) is 8.55. The van der Waals surface area contributed by atoms with Crippen LogP contribution in [0, 0.1) is 46.3 Å². The third-order valence-electron chi connectivity index (χ3n) is 12.1. The second-order valence-corrected chi connectivity index (χ2v) is 14.7. The molecular formula is C34H55N3O2. The Balaban J connectivity index is 1.17. The van der Waals surface area contributed by atoms with Crippen molar-refractivity contribution in [2.24, 2.45) is 53.4 Å². The van der Waals surface area contributed by atoms with Crippen LogP contribution in [0.4, 0.5) is 4.79 Å². The second kappa shape index (κ2) is 11.6. The molecule has 4 aliphatic carbocycles. The number of nitrogens with zero attached hydrogens (tertiary/aromatic N) is 2. The zero-order valence-corrected chi connectivity index (χ0v) is 25.7. The molecule has 3 saturated carbocycles. The third kappa shape index (κ3) is 5.71. The number of rotatable bonds is 9. The lowest BCUT2D eigenvalue weighted by Crippen LogP contribution is -2.51. The predicted octanol–water partition coefficient (Wildman–Crippen LogP) is 8.10. The number of allylic oxidation sites excluding steroid dienone is 1. The molecule has 1 N–H and O–H groups in total. The normalized spacial score (nSPS) is 36.5. The van der Waals surface area contributed by atoms with E-state index in [0.29, 0.717) is 17.4 Å². The fourth-order valence-electron chi connectivity index (χ4n) is 9.86. The molecule has 3 fully saturated rings. The lowest BCUT2D eigenvalue weighted by molar-refractivity contribution is -0.0581. The van der Waals surface area contributed by atoms with Gasteiger partial charge in [-0.15, -0.1) is 0 Å². The maximum atomic E-state index is 12.6. The molecule has 8 atom stereocenters. The van der Waals surface area contributed by atoms with E-state index in [4.69, 9.17) is 4.74 Å². The number of ether oxygens (including phenoxy) is 1. The number of fused-ring (bicyclic) bond motifs is 5. The summed E-state index contributed by atoms with van der Waals surface area (Å²) in [6.45, 7) is 13.1. The average Bonchev–Trinajstić information content (AvgIpc) is 3.46. The average molecular weight is 538 g/mol. The molecule has 0 radical (unpaired) electrons. The highest BCUT2D eigenvalue weighted by Crippen LogP contribution is 2.67. The van der Waals surface area contributed by atoms with Crippen LogP contribution in [-0.4, -0.2) is 28.3 Å². The third-order valence-corrected chi connectivity index (χ3v) is 12.1. The van der Waals surface area contributed by atoms with Gasteiger partial charge < -0.3 is 14.6 Å². The van der Waals surface area contributed by atoms with Gasteiger partial charge in [-0.2, -0.15) is 0 Å². The molecule has 1 amide bonds. The first-order valence-electron chi connectivity index (χ1n) is 16.2. The lowest BCUT2D eigenvalue weighted by atomic mass is 9.47. The largest absolute Gasteiger partial charge is 0.446 e. The van der Waals surface area contributed by atoms with E-state index in [1.165, 1.54) is 51.4 Å². The van der Waals surface area contributed by atoms with Crippen molar-refractivity contribution in [2.45, 2.75) is 118 Å². The molecule has 39 heavy (non-hydrogen) atoms. The molecule has 5 nitrogen and oxygen atoms in total. The minimum absolute atomic E-state index is 0.00832. The zero-order chi connectivity index (χ0) is 27.8. The van der Waals surface area contributed by atoms with Gasteiger partial charge in [-0.1, -0.05) is 65.5 Å². The minimum atomic E-state index is -0.270. The predicted molar refractivity (Wildman–Crippen MR) is 158 cm³/mol. The molecule has 4 aliphatic rings. The topological polar surface area (TPSA) is 56.1 Å². The summed E-state index contributed by atoms with van der Waals surface area (Å²) in [5, 5.41) is 2.96. The Bertz CT molecular complexity index is 1030. The number of carbonyl (C=O) groups is 1. The SMILES string of the molecule is CC(C)CCC[C@@H](C)[C@H]1CC[C@H]2[C@@H]3CC=C4C[C@@H](OC(=O)NCCc5cncn5C)CC[C@]4(C)[C@H]3CC[C@]12C. The van der Waals surface area contributed by atoms with Gasteiger partial charge in [-0.3, -0.25) is 0 Å². The van der Waals surface area contributed by atoms with Crippen molar-refractivity contribution in [3.05, 3.63) is 29.9 Å². The van der Waals surface area contributed by atoms with Crippen LogP contribution in [0.1, 0.15) is 111 Å². The number of hydrogen-bond acceptors (Lipinski definition) is 3. The second-order valence-electron chi connectivity index (χ2n) is 14.7. The Morgan fingerprint density at radius 3 is 2.69 bits per heavy atom. The maximum absolute atomic E-state index is 12.6. The van der Waals surface area contributed by atoms with Crippen LogP contribution < -0.4 is 5.32 Å².